The number of esters is 1. The third-order valence-electron chi connectivity index (χ3n) is 3.16. The predicted molar refractivity (Wildman–Crippen MR) is 63.7 cm³/mol. The van der Waals surface area contributed by atoms with Crippen molar-refractivity contribution in [3.8, 4) is 0 Å². The number of methoxy groups -OCH3 is 1. The molecule has 2 N–H and O–H groups in total. The van der Waals surface area contributed by atoms with Crippen molar-refractivity contribution in [1.29, 1.82) is 0 Å². The Kier molecular flexibility index (Phi) is 3.76. The summed E-state index contributed by atoms with van der Waals surface area (Å²) in [5.41, 5.74) is 2.62. The summed E-state index contributed by atoms with van der Waals surface area (Å²) in [5.74, 6) is -0.413. The molecular weight excluding hydrogens is 218 g/mol. The number of hydrogen-bond acceptors (Lipinski definition) is 4. The first-order valence-corrected chi connectivity index (χ1v) is 5.76. The Morgan fingerprint density at radius 1 is 1.47 bits per heavy atom. The molecule has 1 aromatic rings. The summed E-state index contributed by atoms with van der Waals surface area (Å²) in [7, 11) is 1.33. The van der Waals surface area contributed by atoms with Gasteiger partial charge >= 0.3 is 5.97 Å². The molecule has 2 rings (SSSR count). The highest BCUT2D eigenvalue weighted by Crippen LogP contribution is 2.21. The van der Waals surface area contributed by atoms with Gasteiger partial charge in [-0.2, -0.15) is 0 Å². The maximum atomic E-state index is 11.4. The first-order chi connectivity index (χ1) is 8.24. The summed E-state index contributed by atoms with van der Waals surface area (Å²) in [6.07, 6.45) is 1.79. The molecule has 1 aliphatic rings. The Labute approximate surface area is 101 Å². The first kappa shape index (κ1) is 12.1. The summed E-state index contributed by atoms with van der Waals surface area (Å²) in [4.78, 5) is 11.4. The van der Waals surface area contributed by atoms with E-state index in [0.29, 0.717) is 0 Å². The molecule has 0 fully saturated rings. The molecule has 0 aliphatic heterocycles. The van der Waals surface area contributed by atoms with Crippen molar-refractivity contribution in [2.45, 2.75) is 24.9 Å². The fourth-order valence-corrected chi connectivity index (χ4v) is 2.30. The normalized spacial score (nSPS) is 16.6. The Bertz CT molecular complexity index is 380. The lowest BCUT2D eigenvalue weighted by Gasteiger charge is -2.18. The van der Waals surface area contributed by atoms with Crippen LogP contribution in [0, 0.1) is 0 Å². The fourth-order valence-electron chi connectivity index (χ4n) is 2.30. The monoisotopic (exact) mass is 235 g/mol. The van der Waals surface area contributed by atoms with Gasteiger partial charge < -0.3 is 9.84 Å². The van der Waals surface area contributed by atoms with Gasteiger partial charge in [-0.15, -0.1) is 0 Å². The molecule has 0 saturated carbocycles. The van der Waals surface area contributed by atoms with Crippen LogP contribution < -0.4 is 5.32 Å². The minimum absolute atomic E-state index is 0.198. The van der Waals surface area contributed by atoms with E-state index in [1.807, 2.05) is 12.1 Å². The van der Waals surface area contributed by atoms with Crippen LogP contribution in [0.2, 0.25) is 0 Å². The summed E-state index contributed by atoms with van der Waals surface area (Å²) in [6.45, 7) is -0.237. The first-order valence-electron chi connectivity index (χ1n) is 5.76. The average Bonchev–Trinajstić information content (AvgIpc) is 2.77. The largest absolute Gasteiger partial charge is 0.468 e. The van der Waals surface area contributed by atoms with E-state index in [1.165, 1.54) is 18.2 Å². The van der Waals surface area contributed by atoms with Crippen LogP contribution in [0.15, 0.2) is 24.3 Å². The molecule has 0 amide bonds. The third kappa shape index (κ3) is 2.65. The van der Waals surface area contributed by atoms with E-state index >= 15 is 0 Å². The smallest absolute Gasteiger partial charge is 0.325 e. The standard InChI is InChI=1S/C13H17NO3/c1-17-13(16)12(8-15)14-11-6-9-4-2-3-5-10(9)7-11/h2-5,11-12,14-15H,6-8H2,1H3. The van der Waals surface area contributed by atoms with Gasteiger partial charge in [-0.1, -0.05) is 24.3 Å². The predicted octanol–water partition coefficient (Wildman–Crippen LogP) is 0.277. The van der Waals surface area contributed by atoms with Gasteiger partial charge in [0, 0.05) is 6.04 Å². The van der Waals surface area contributed by atoms with Gasteiger partial charge in [-0.3, -0.25) is 10.1 Å². The SMILES string of the molecule is COC(=O)C(CO)NC1Cc2ccccc2C1. The highest BCUT2D eigenvalue weighted by atomic mass is 16.5. The summed E-state index contributed by atoms with van der Waals surface area (Å²) in [6, 6.07) is 7.81. The van der Waals surface area contributed by atoms with Crippen LogP contribution in [0.4, 0.5) is 0 Å². The van der Waals surface area contributed by atoms with Crippen molar-refractivity contribution >= 4 is 5.97 Å². The van der Waals surface area contributed by atoms with E-state index in [4.69, 9.17) is 5.11 Å². The number of carbonyl (C=O) groups excluding carboxylic acids is 1. The van der Waals surface area contributed by atoms with Crippen LogP contribution in [0.5, 0.6) is 0 Å². The number of aliphatic hydroxyl groups excluding tert-OH is 1. The van der Waals surface area contributed by atoms with Crippen LogP contribution in [0.1, 0.15) is 11.1 Å². The summed E-state index contributed by atoms with van der Waals surface area (Å²) < 4.78 is 4.63. The lowest BCUT2D eigenvalue weighted by atomic mass is 10.1. The van der Waals surface area contributed by atoms with Gasteiger partial charge in [0.2, 0.25) is 0 Å². The van der Waals surface area contributed by atoms with Crippen LogP contribution >= 0.6 is 0 Å². The van der Waals surface area contributed by atoms with Gasteiger partial charge in [0.05, 0.1) is 13.7 Å². The van der Waals surface area contributed by atoms with Crippen LogP contribution in [-0.4, -0.2) is 36.9 Å². The van der Waals surface area contributed by atoms with E-state index in [-0.39, 0.29) is 12.6 Å². The maximum absolute atomic E-state index is 11.4. The Morgan fingerprint density at radius 3 is 2.53 bits per heavy atom. The molecule has 1 atom stereocenters. The zero-order valence-electron chi connectivity index (χ0n) is 9.85. The quantitative estimate of drug-likeness (QED) is 0.736. The molecule has 4 heteroatoms. The molecule has 0 radical (unpaired) electrons. The summed E-state index contributed by atoms with van der Waals surface area (Å²) in [5, 5.41) is 12.3. The molecule has 0 aromatic heterocycles. The molecule has 4 nitrogen and oxygen atoms in total. The Balaban J connectivity index is 1.97. The van der Waals surface area contributed by atoms with E-state index in [0.717, 1.165) is 12.8 Å². The van der Waals surface area contributed by atoms with Crippen molar-refractivity contribution in [3.63, 3.8) is 0 Å². The molecule has 0 saturated heterocycles. The van der Waals surface area contributed by atoms with E-state index in [1.54, 1.807) is 0 Å². The molecule has 0 heterocycles. The number of rotatable bonds is 4. The Morgan fingerprint density at radius 2 is 2.06 bits per heavy atom. The highest BCUT2D eigenvalue weighted by Gasteiger charge is 2.26. The zero-order chi connectivity index (χ0) is 12.3. The molecule has 1 unspecified atom stereocenters. The van der Waals surface area contributed by atoms with Gasteiger partial charge in [-0.05, 0) is 24.0 Å². The van der Waals surface area contributed by atoms with E-state index < -0.39 is 12.0 Å². The zero-order valence-corrected chi connectivity index (χ0v) is 9.85. The molecular formula is C13H17NO3. The number of nitrogens with one attached hydrogen (secondary N) is 1. The second-order valence-electron chi connectivity index (χ2n) is 4.30. The molecule has 92 valence electrons. The fraction of sp³-hybridized carbons (Fsp3) is 0.462. The highest BCUT2D eigenvalue weighted by molar-refractivity contribution is 5.75. The molecule has 1 aromatic carbocycles. The van der Waals surface area contributed by atoms with Crippen molar-refractivity contribution in [1.82, 2.24) is 5.32 Å². The van der Waals surface area contributed by atoms with E-state index in [2.05, 4.69) is 22.2 Å². The topological polar surface area (TPSA) is 58.6 Å². The molecule has 17 heavy (non-hydrogen) atoms. The van der Waals surface area contributed by atoms with Crippen LogP contribution in [0.3, 0.4) is 0 Å². The number of ether oxygens (including phenoxy) is 1. The number of benzene rings is 1. The van der Waals surface area contributed by atoms with Gasteiger partial charge in [0.1, 0.15) is 6.04 Å². The number of fused-ring (bicyclic) bond motifs is 1. The lowest BCUT2D eigenvalue weighted by Crippen LogP contribution is -2.46. The van der Waals surface area contributed by atoms with Crippen molar-refractivity contribution in [2.24, 2.45) is 0 Å². The van der Waals surface area contributed by atoms with E-state index in [9.17, 15) is 4.79 Å². The third-order valence-corrected chi connectivity index (χ3v) is 3.16. The summed E-state index contributed by atoms with van der Waals surface area (Å²) >= 11 is 0. The van der Waals surface area contributed by atoms with Crippen molar-refractivity contribution in [2.75, 3.05) is 13.7 Å². The average molecular weight is 235 g/mol. The van der Waals surface area contributed by atoms with Crippen LogP contribution in [0.25, 0.3) is 0 Å². The number of hydrogen-bond donors (Lipinski definition) is 2. The van der Waals surface area contributed by atoms with Gasteiger partial charge in [0.15, 0.2) is 0 Å². The molecule has 1 aliphatic carbocycles. The number of carbonyl (C=O) groups is 1. The van der Waals surface area contributed by atoms with Crippen LogP contribution in [-0.2, 0) is 22.4 Å². The van der Waals surface area contributed by atoms with Gasteiger partial charge in [-0.25, -0.2) is 0 Å². The minimum Gasteiger partial charge on any atom is -0.468 e. The minimum atomic E-state index is -0.626. The Hall–Kier alpha value is -1.39. The number of aliphatic hydroxyl groups is 1. The van der Waals surface area contributed by atoms with Gasteiger partial charge in [0.25, 0.3) is 0 Å². The maximum Gasteiger partial charge on any atom is 0.325 e. The second kappa shape index (κ2) is 5.29. The lowest BCUT2D eigenvalue weighted by molar-refractivity contribution is -0.144. The second-order valence-corrected chi connectivity index (χ2v) is 4.30. The van der Waals surface area contributed by atoms with Crippen molar-refractivity contribution < 1.29 is 14.6 Å². The molecule has 0 spiro atoms. The van der Waals surface area contributed by atoms with Crippen molar-refractivity contribution in [3.05, 3.63) is 35.4 Å². The molecule has 0 bridgehead atoms.